The van der Waals surface area contributed by atoms with Crippen molar-refractivity contribution in [2.75, 3.05) is 11.4 Å². The van der Waals surface area contributed by atoms with Gasteiger partial charge in [0.25, 0.3) is 11.9 Å². The van der Waals surface area contributed by atoms with Crippen LogP contribution in [0.25, 0.3) is 11.0 Å². The van der Waals surface area contributed by atoms with Crippen molar-refractivity contribution in [3.05, 3.63) is 35.6 Å². The number of aromatic nitrogens is 4. The fourth-order valence-electron chi connectivity index (χ4n) is 2.65. The number of nitrogens with zero attached hydrogens (tertiary/aromatic N) is 5. The standard InChI is InChI=1S/C14H13N5O2/c1-9-4-2-5-11-10(9)8-12(21-11)13(20)18-6-3-7-19-14(18)15-16-17-19/h2,4-5,8H,3,6-7H2,1H3. The first-order valence-corrected chi connectivity index (χ1v) is 6.81. The summed E-state index contributed by atoms with van der Waals surface area (Å²) < 4.78 is 7.32. The van der Waals surface area contributed by atoms with Gasteiger partial charge < -0.3 is 4.42 Å². The quantitative estimate of drug-likeness (QED) is 0.680. The van der Waals surface area contributed by atoms with Crippen LogP contribution in [0.5, 0.6) is 0 Å². The first kappa shape index (κ1) is 12.1. The lowest BCUT2D eigenvalue weighted by Crippen LogP contribution is -2.37. The first-order valence-electron chi connectivity index (χ1n) is 6.81. The number of rotatable bonds is 1. The topological polar surface area (TPSA) is 77.0 Å². The van der Waals surface area contributed by atoms with E-state index in [-0.39, 0.29) is 5.91 Å². The lowest BCUT2D eigenvalue weighted by atomic mass is 10.1. The van der Waals surface area contributed by atoms with Gasteiger partial charge in [0.15, 0.2) is 5.76 Å². The van der Waals surface area contributed by atoms with E-state index in [9.17, 15) is 4.79 Å². The lowest BCUT2D eigenvalue weighted by molar-refractivity contribution is 0.0955. The highest BCUT2D eigenvalue weighted by Crippen LogP contribution is 2.25. The molecule has 106 valence electrons. The smallest absolute Gasteiger partial charge is 0.296 e. The largest absolute Gasteiger partial charge is 0.451 e. The van der Waals surface area contributed by atoms with Crippen molar-refractivity contribution in [2.24, 2.45) is 0 Å². The molecule has 0 saturated heterocycles. The van der Waals surface area contributed by atoms with Crippen molar-refractivity contribution in [1.29, 1.82) is 0 Å². The number of fused-ring (bicyclic) bond motifs is 2. The third-order valence-corrected chi connectivity index (χ3v) is 3.74. The molecule has 2 aromatic heterocycles. The summed E-state index contributed by atoms with van der Waals surface area (Å²) in [5.74, 6) is 0.584. The maximum absolute atomic E-state index is 12.7. The van der Waals surface area contributed by atoms with Crippen LogP contribution >= 0.6 is 0 Å². The molecule has 3 heterocycles. The van der Waals surface area contributed by atoms with Gasteiger partial charge in [-0.05, 0) is 41.5 Å². The van der Waals surface area contributed by atoms with E-state index in [1.807, 2.05) is 25.1 Å². The second-order valence-electron chi connectivity index (χ2n) is 5.11. The minimum Gasteiger partial charge on any atom is -0.451 e. The van der Waals surface area contributed by atoms with E-state index in [1.165, 1.54) is 0 Å². The zero-order valence-corrected chi connectivity index (χ0v) is 11.5. The Kier molecular flexibility index (Phi) is 2.53. The summed E-state index contributed by atoms with van der Waals surface area (Å²) in [7, 11) is 0. The van der Waals surface area contributed by atoms with Gasteiger partial charge in [-0.1, -0.05) is 17.2 Å². The minimum atomic E-state index is -0.207. The Morgan fingerprint density at radius 1 is 1.33 bits per heavy atom. The fourth-order valence-corrected chi connectivity index (χ4v) is 2.65. The van der Waals surface area contributed by atoms with E-state index in [2.05, 4.69) is 15.5 Å². The molecule has 1 aliphatic heterocycles. The number of hydrogen-bond acceptors (Lipinski definition) is 5. The molecule has 1 amide bonds. The van der Waals surface area contributed by atoms with E-state index < -0.39 is 0 Å². The molecular weight excluding hydrogens is 270 g/mol. The second-order valence-corrected chi connectivity index (χ2v) is 5.11. The molecule has 0 bridgehead atoms. The molecule has 0 unspecified atom stereocenters. The van der Waals surface area contributed by atoms with E-state index >= 15 is 0 Å². The predicted molar refractivity (Wildman–Crippen MR) is 75.1 cm³/mol. The van der Waals surface area contributed by atoms with E-state index in [4.69, 9.17) is 4.42 Å². The zero-order valence-electron chi connectivity index (χ0n) is 11.5. The van der Waals surface area contributed by atoms with E-state index in [0.717, 1.165) is 29.5 Å². The number of carbonyl (C=O) groups is 1. The van der Waals surface area contributed by atoms with E-state index in [0.29, 0.717) is 18.3 Å². The molecule has 7 heteroatoms. The van der Waals surface area contributed by atoms with Crippen molar-refractivity contribution in [3.63, 3.8) is 0 Å². The second kappa shape index (κ2) is 4.41. The maximum atomic E-state index is 12.7. The molecule has 1 aliphatic rings. The highest BCUT2D eigenvalue weighted by Gasteiger charge is 2.28. The average molecular weight is 283 g/mol. The van der Waals surface area contributed by atoms with Crippen LogP contribution in [0.3, 0.4) is 0 Å². The Balaban J connectivity index is 1.76. The molecule has 21 heavy (non-hydrogen) atoms. The maximum Gasteiger partial charge on any atom is 0.296 e. The monoisotopic (exact) mass is 283 g/mol. The number of anilines is 1. The minimum absolute atomic E-state index is 0.207. The van der Waals surface area contributed by atoms with Crippen molar-refractivity contribution >= 4 is 22.8 Å². The van der Waals surface area contributed by atoms with Crippen LogP contribution in [-0.2, 0) is 6.54 Å². The first-order chi connectivity index (χ1) is 10.2. The van der Waals surface area contributed by atoms with Gasteiger partial charge in [-0.3, -0.25) is 9.69 Å². The highest BCUT2D eigenvalue weighted by molar-refractivity contribution is 6.05. The van der Waals surface area contributed by atoms with Crippen LogP contribution < -0.4 is 4.90 Å². The molecule has 0 atom stereocenters. The Labute approximate surface area is 120 Å². The molecule has 0 N–H and O–H groups in total. The molecule has 3 aromatic rings. The van der Waals surface area contributed by atoms with Gasteiger partial charge in [-0.25, -0.2) is 4.68 Å². The number of amides is 1. The number of aryl methyl sites for hydroxylation is 2. The number of carbonyl (C=O) groups excluding carboxylic acids is 1. The fraction of sp³-hybridized carbons (Fsp3) is 0.286. The molecule has 0 saturated carbocycles. The van der Waals surface area contributed by atoms with E-state index in [1.54, 1.807) is 15.6 Å². The third-order valence-electron chi connectivity index (χ3n) is 3.74. The molecular formula is C14H13N5O2. The molecule has 1 aromatic carbocycles. The van der Waals surface area contributed by atoms with Crippen LogP contribution in [0.15, 0.2) is 28.7 Å². The normalized spacial score (nSPS) is 14.4. The van der Waals surface area contributed by atoms with Crippen molar-refractivity contribution in [1.82, 2.24) is 20.2 Å². The van der Waals surface area contributed by atoms with Gasteiger partial charge in [0.1, 0.15) is 5.58 Å². The molecule has 7 nitrogen and oxygen atoms in total. The Hall–Kier alpha value is -2.70. The summed E-state index contributed by atoms with van der Waals surface area (Å²) in [6.07, 6.45) is 0.822. The Bertz CT molecular complexity index is 835. The van der Waals surface area contributed by atoms with Crippen molar-refractivity contribution < 1.29 is 9.21 Å². The molecule has 0 fully saturated rings. The average Bonchev–Trinajstić information content (AvgIpc) is 3.13. The van der Waals surface area contributed by atoms with Crippen LogP contribution in [0.1, 0.15) is 22.5 Å². The van der Waals surface area contributed by atoms with Crippen LogP contribution in [-0.4, -0.2) is 32.7 Å². The molecule has 0 radical (unpaired) electrons. The Morgan fingerprint density at radius 2 is 2.24 bits per heavy atom. The van der Waals surface area contributed by atoms with Crippen molar-refractivity contribution in [2.45, 2.75) is 19.9 Å². The SMILES string of the molecule is Cc1cccc2oc(C(=O)N3CCCn4nnnc43)cc12. The lowest BCUT2D eigenvalue weighted by Gasteiger charge is -2.24. The summed E-state index contributed by atoms with van der Waals surface area (Å²) in [5.41, 5.74) is 1.80. The number of hydrogen-bond donors (Lipinski definition) is 0. The zero-order chi connectivity index (χ0) is 14.4. The van der Waals surface area contributed by atoms with Gasteiger partial charge in [-0.15, -0.1) is 0 Å². The predicted octanol–water partition coefficient (Wildman–Crippen LogP) is 1.78. The van der Waals surface area contributed by atoms with Crippen molar-refractivity contribution in [3.8, 4) is 0 Å². The third kappa shape index (κ3) is 1.81. The number of tetrazole rings is 1. The number of furan rings is 1. The summed E-state index contributed by atoms with van der Waals surface area (Å²) >= 11 is 0. The summed E-state index contributed by atoms with van der Waals surface area (Å²) in [5, 5.41) is 12.4. The highest BCUT2D eigenvalue weighted by atomic mass is 16.3. The van der Waals surface area contributed by atoms with Gasteiger partial charge in [0, 0.05) is 18.5 Å². The molecule has 0 spiro atoms. The van der Waals surface area contributed by atoms with Crippen LogP contribution in [0, 0.1) is 6.92 Å². The summed E-state index contributed by atoms with van der Waals surface area (Å²) in [6, 6.07) is 7.56. The van der Waals surface area contributed by atoms with Crippen LogP contribution in [0.2, 0.25) is 0 Å². The van der Waals surface area contributed by atoms with Gasteiger partial charge >= 0.3 is 0 Å². The summed E-state index contributed by atoms with van der Waals surface area (Å²) in [6.45, 7) is 3.31. The van der Waals surface area contributed by atoms with Gasteiger partial charge in [0.2, 0.25) is 0 Å². The Morgan fingerprint density at radius 3 is 3.10 bits per heavy atom. The molecule has 4 rings (SSSR count). The van der Waals surface area contributed by atoms with Gasteiger partial charge in [0.05, 0.1) is 0 Å². The number of benzene rings is 1. The van der Waals surface area contributed by atoms with Gasteiger partial charge in [-0.2, -0.15) is 0 Å². The molecule has 0 aliphatic carbocycles. The summed E-state index contributed by atoms with van der Waals surface area (Å²) in [4.78, 5) is 14.2. The van der Waals surface area contributed by atoms with Crippen LogP contribution in [0.4, 0.5) is 5.95 Å².